The van der Waals surface area contributed by atoms with Crippen LogP contribution in [0.15, 0.2) is 30.5 Å². The maximum atomic E-state index is 13.1. The first-order valence-corrected chi connectivity index (χ1v) is 7.23. The van der Waals surface area contributed by atoms with Gasteiger partial charge in [-0.3, -0.25) is 4.79 Å². The quantitative estimate of drug-likeness (QED) is 0.857. The standard InChI is InChI=1S/C15H15F3N4O3/c1-3-14(2,13(24)25)19-12(23)10-8-22(21-20-10)11-7-5-4-6-9(11)15(16,17)18/h4-8H,3H2,1-2H3,(H,19,23)(H,24,25). The molecule has 0 aliphatic heterocycles. The summed E-state index contributed by atoms with van der Waals surface area (Å²) in [5.41, 5.74) is -3.04. The van der Waals surface area contributed by atoms with E-state index < -0.39 is 29.2 Å². The smallest absolute Gasteiger partial charge is 0.418 e. The molecule has 1 atom stereocenters. The van der Waals surface area contributed by atoms with Crippen LogP contribution in [0.4, 0.5) is 13.2 Å². The summed E-state index contributed by atoms with van der Waals surface area (Å²) in [6.07, 6.45) is -3.48. The first kappa shape index (κ1) is 18.4. The van der Waals surface area contributed by atoms with Crippen molar-refractivity contribution in [2.45, 2.75) is 32.0 Å². The first-order valence-electron chi connectivity index (χ1n) is 7.23. The molecule has 10 heteroatoms. The summed E-state index contributed by atoms with van der Waals surface area (Å²) in [5, 5.41) is 18.5. The number of hydrogen-bond acceptors (Lipinski definition) is 4. The molecule has 0 spiro atoms. The van der Waals surface area contributed by atoms with E-state index in [4.69, 9.17) is 5.11 Å². The fraction of sp³-hybridized carbons (Fsp3) is 0.333. The van der Waals surface area contributed by atoms with Gasteiger partial charge in [0.25, 0.3) is 5.91 Å². The van der Waals surface area contributed by atoms with Crippen molar-refractivity contribution in [3.8, 4) is 5.69 Å². The van der Waals surface area contributed by atoms with Gasteiger partial charge in [-0.1, -0.05) is 24.3 Å². The lowest BCUT2D eigenvalue weighted by Gasteiger charge is -2.23. The number of rotatable bonds is 5. The van der Waals surface area contributed by atoms with Crippen LogP contribution in [0, 0.1) is 0 Å². The van der Waals surface area contributed by atoms with Gasteiger partial charge < -0.3 is 10.4 Å². The van der Waals surface area contributed by atoms with Gasteiger partial charge in [-0.25, -0.2) is 9.48 Å². The van der Waals surface area contributed by atoms with Crippen molar-refractivity contribution in [2.24, 2.45) is 0 Å². The molecule has 1 aromatic carbocycles. The summed E-state index contributed by atoms with van der Waals surface area (Å²) in [6.45, 7) is 2.89. The molecule has 0 aliphatic rings. The highest BCUT2D eigenvalue weighted by molar-refractivity contribution is 5.96. The number of carbonyl (C=O) groups excluding carboxylic acids is 1. The monoisotopic (exact) mass is 356 g/mol. The fourth-order valence-electron chi connectivity index (χ4n) is 2.01. The highest BCUT2D eigenvalue weighted by atomic mass is 19.4. The normalized spacial score (nSPS) is 14.0. The second kappa shape index (κ2) is 6.54. The number of halogens is 3. The number of carboxylic acids is 1. The topological polar surface area (TPSA) is 97.1 Å². The van der Waals surface area contributed by atoms with E-state index in [2.05, 4.69) is 15.6 Å². The van der Waals surface area contributed by atoms with Gasteiger partial charge in [0.05, 0.1) is 17.4 Å². The average Bonchev–Trinajstić information content (AvgIpc) is 3.03. The Balaban J connectivity index is 2.33. The van der Waals surface area contributed by atoms with Gasteiger partial charge in [0.2, 0.25) is 0 Å². The fourth-order valence-corrected chi connectivity index (χ4v) is 2.01. The Morgan fingerprint density at radius 3 is 2.48 bits per heavy atom. The van der Waals surface area contributed by atoms with Gasteiger partial charge in [0.1, 0.15) is 5.54 Å². The zero-order chi connectivity index (χ0) is 18.8. The number of hydrogen-bond donors (Lipinski definition) is 2. The van der Waals surface area contributed by atoms with Crippen molar-refractivity contribution >= 4 is 11.9 Å². The summed E-state index contributed by atoms with van der Waals surface area (Å²) in [5.74, 6) is -2.08. The molecule has 2 aromatic rings. The Morgan fingerprint density at radius 2 is 1.92 bits per heavy atom. The van der Waals surface area contributed by atoms with E-state index in [0.717, 1.165) is 16.9 Å². The van der Waals surface area contributed by atoms with Gasteiger partial charge in [0, 0.05) is 0 Å². The number of para-hydroxylation sites is 1. The molecule has 1 heterocycles. The molecule has 2 rings (SSSR count). The van der Waals surface area contributed by atoms with Gasteiger partial charge >= 0.3 is 12.1 Å². The predicted molar refractivity (Wildman–Crippen MR) is 80.2 cm³/mol. The molecule has 7 nitrogen and oxygen atoms in total. The van der Waals surface area contributed by atoms with Crippen LogP contribution < -0.4 is 5.32 Å². The minimum atomic E-state index is -4.60. The van der Waals surface area contributed by atoms with Crippen molar-refractivity contribution in [3.05, 3.63) is 41.7 Å². The predicted octanol–water partition coefficient (Wildman–Crippen LogP) is 2.27. The molecule has 1 unspecified atom stereocenters. The number of aromatic nitrogens is 3. The Morgan fingerprint density at radius 1 is 1.28 bits per heavy atom. The van der Waals surface area contributed by atoms with Crippen LogP contribution >= 0.6 is 0 Å². The number of carboxylic acid groups (broad SMARTS) is 1. The van der Waals surface area contributed by atoms with Crippen LogP contribution in [0.2, 0.25) is 0 Å². The molecular formula is C15H15F3N4O3. The zero-order valence-corrected chi connectivity index (χ0v) is 13.3. The molecule has 25 heavy (non-hydrogen) atoms. The van der Waals surface area contributed by atoms with Crippen LogP contribution in [0.1, 0.15) is 36.3 Å². The van der Waals surface area contributed by atoms with Crippen molar-refractivity contribution < 1.29 is 27.9 Å². The van der Waals surface area contributed by atoms with E-state index >= 15 is 0 Å². The third-order valence-corrected chi connectivity index (χ3v) is 3.75. The second-order valence-electron chi connectivity index (χ2n) is 5.51. The molecule has 134 valence electrons. The van der Waals surface area contributed by atoms with Crippen LogP contribution in [-0.4, -0.2) is 37.5 Å². The Bertz CT molecular complexity index is 803. The van der Waals surface area contributed by atoms with Gasteiger partial charge in [-0.2, -0.15) is 13.2 Å². The van der Waals surface area contributed by atoms with Crippen LogP contribution in [0.25, 0.3) is 5.69 Å². The van der Waals surface area contributed by atoms with E-state index in [1.165, 1.54) is 25.1 Å². The minimum Gasteiger partial charge on any atom is -0.480 e. The minimum absolute atomic E-state index is 0.110. The number of benzene rings is 1. The number of nitrogens with one attached hydrogen (secondary N) is 1. The van der Waals surface area contributed by atoms with E-state index in [0.29, 0.717) is 0 Å². The molecule has 0 bridgehead atoms. The highest BCUT2D eigenvalue weighted by Gasteiger charge is 2.35. The molecule has 0 fully saturated rings. The lowest BCUT2D eigenvalue weighted by Crippen LogP contribution is -2.51. The third kappa shape index (κ3) is 3.78. The van der Waals surface area contributed by atoms with Crippen LogP contribution in [0.5, 0.6) is 0 Å². The van der Waals surface area contributed by atoms with Crippen LogP contribution in [0.3, 0.4) is 0 Å². The lowest BCUT2D eigenvalue weighted by atomic mass is 9.99. The largest absolute Gasteiger partial charge is 0.480 e. The van der Waals surface area contributed by atoms with Crippen molar-refractivity contribution in [1.82, 2.24) is 20.3 Å². The molecule has 1 aromatic heterocycles. The Labute approximate surface area is 140 Å². The molecular weight excluding hydrogens is 341 g/mol. The maximum absolute atomic E-state index is 13.1. The summed E-state index contributed by atoms with van der Waals surface area (Å²) in [6, 6.07) is 4.70. The number of amides is 1. The summed E-state index contributed by atoms with van der Waals surface area (Å²) >= 11 is 0. The third-order valence-electron chi connectivity index (χ3n) is 3.75. The van der Waals surface area contributed by atoms with E-state index in [1.54, 1.807) is 6.92 Å². The first-order chi connectivity index (χ1) is 11.6. The second-order valence-corrected chi connectivity index (χ2v) is 5.51. The van der Waals surface area contributed by atoms with Crippen LogP contribution in [-0.2, 0) is 11.0 Å². The zero-order valence-electron chi connectivity index (χ0n) is 13.3. The van der Waals surface area contributed by atoms with Crippen molar-refractivity contribution in [2.75, 3.05) is 0 Å². The van der Waals surface area contributed by atoms with Crippen molar-refractivity contribution in [1.29, 1.82) is 0 Å². The molecule has 1 amide bonds. The SMILES string of the molecule is CCC(C)(NC(=O)c1cn(-c2ccccc2C(F)(F)F)nn1)C(=O)O. The number of nitrogens with zero attached hydrogens (tertiary/aromatic N) is 3. The number of alkyl halides is 3. The molecule has 0 aliphatic carbocycles. The van der Waals surface area contributed by atoms with Gasteiger partial charge in [-0.05, 0) is 25.5 Å². The summed E-state index contributed by atoms with van der Waals surface area (Å²) < 4.78 is 40.0. The van der Waals surface area contributed by atoms with E-state index in [-0.39, 0.29) is 17.8 Å². The molecule has 0 saturated heterocycles. The average molecular weight is 356 g/mol. The molecule has 0 radical (unpaired) electrons. The van der Waals surface area contributed by atoms with E-state index in [1.807, 2.05) is 0 Å². The summed E-state index contributed by atoms with van der Waals surface area (Å²) in [7, 11) is 0. The Kier molecular flexibility index (Phi) is 4.82. The van der Waals surface area contributed by atoms with Gasteiger partial charge in [-0.15, -0.1) is 5.10 Å². The number of aliphatic carboxylic acids is 1. The Hall–Kier alpha value is -2.91. The maximum Gasteiger partial charge on any atom is 0.418 e. The lowest BCUT2D eigenvalue weighted by molar-refractivity contribution is -0.144. The van der Waals surface area contributed by atoms with Gasteiger partial charge in [0.15, 0.2) is 5.69 Å². The number of carbonyl (C=O) groups is 2. The summed E-state index contributed by atoms with van der Waals surface area (Å²) in [4.78, 5) is 23.4. The molecule has 0 saturated carbocycles. The molecule has 2 N–H and O–H groups in total. The van der Waals surface area contributed by atoms with Crippen molar-refractivity contribution in [3.63, 3.8) is 0 Å². The van der Waals surface area contributed by atoms with E-state index in [9.17, 15) is 22.8 Å². The highest BCUT2D eigenvalue weighted by Crippen LogP contribution is 2.33.